The van der Waals surface area contributed by atoms with Gasteiger partial charge in [-0.1, -0.05) is 30.3 Å². The number of rotatable bonds is 6. The van der Waals surface area contributed by atoms with Gasteiger partial charge in [0.05, 0.1) is 5.60 Å². The van der Waals surface area contributed by atoms with Crippen LogP contribution in [-0.2, 0) is 11.2 Å². The summed E-state index contributed by atoms with van der Waals surface area (Å²) in [7, 11) is 1.69. The van der Waals surface area contributed by atoms with Crippen LogP contribution >= 0.6 is 0 Å². The van der Waals surface area contributed by atoms with Gasteiger partial charge in [-0.3, -0.25) is 9.59 Å². The van der Waals surface area contributed by atoms with E-state index in [2.05, 4.69) is 0 Å². The predicted octanol–water partition coefficient (Wildman–Crippen LogP) is 2.33. The van der Waals surface area contributed by atoms with Gasteiger partial charge in [-0.25, -0.2) is 0 Å². The smallest absolute Gasteiger partial charge is 0.253 e. The fourth-order valence-corrected chi connectivity index (χ4v) is 3.74. The van der Waals surface area contributed by atoms with Crippen molar-refractivity contribution in [2.24, 2.45) is 0 Å². The van der Waals surface area contributed by atoms with Crippen LogP contribution in [-0.4, -0.2) is 59.0 Å². The van der Waals surface area contributed by atoms with Crippen LogP contribution in [0.5, 0.6) is 0 Å². The number of likely N-dealkylation sites (N-methyl/N-ethyl adjacent to an activating group) is 1. The number of carbonyl (C=O) groups is 2. The Bertz CT molecular complexity index is 828. The second-order valence-electron chi connectivity index (χ2n) is 7.87. The number of aryl methyl sites for hydroxylation is 1. The molecule has 0 unspecified atom stereocenters. The van der Waals surface area contributed by atoms with Crippen molar-refractivity contribution in [3.63, 3.8) is 0 Å². The number of hydrogen-bond acceptors (Lipinski definition) is 4. The number of likely N-dealkylation sites (tertiary alicyclic amines) is 1. The highest BCUT2D eigenvalue weighted by Crippen LogP contribution is 2.24. The first-order valence-electron chi connectivity index (χ1n) is 10.0. The first-order chi connectivity index (χ1) is 13.9. The van der Waals surface area contributed by atoms with Crippen LogP contribution in [0.15, 0.2) is 54.6 Å². The highest BCUT2D eigenvalue weighted by molar-refractivity contribution is 5.94. The summed E-state index contributed by atoms with van der Waals surface area (Å²) in [5.41, 5.74) is 6.99. The minimum Gasteiger partial charge on any atom is -0.399 e. The molecule has 1 aliphatic rings. The average molecular weight is 396 g/mol. The zero-order valence-electron chi connectivity index (χ0n) is 16.9. The second-order valence-corrected chi connectivity index (χ2v) is 7.87. The molecule has 6 nitrogen and oxygen atoms in total. The Labute approximate surface area is 171 Å². The van der Waals surface area contributed by atoms with Crippen molar-refractivity contribution in [2.45, 2.75) is 31.3 Å². The van der Waals surface area contributed by atoms with Crippen molar-refractivity contribution in [3.8, 4) is 0 Å². The lowest BCUT2D eigenvalue weighted by molar-refractivity contribution is -0.135. The number of nitrogen functional groups attached to an aromatic ring is 1. The van der Waals surface area contributed by atoms with E-state index in [9.17, 15) is 14.7 Å². The Morgan fingerprint density at radius 2 is 1.69 bits per heavy atom. The standard InChI is InChI=1S/C23H29N3O3/c1-25(22(28)19-8-10-20(24)11-9-19)17-23(29)13-15-26(16-14-23)21(27)12-7-18-5-3-2-4-6-18/h2-6,8-11,29H,7,12-17,24H2,1H3. The van der Waals surface area contributed by atoms with Crippen molar-refractivity contribution in [1.29, 1.82) is 0 Å². The van der Waals surface area contributed by atoms with Gasteiger partial charge in [0.2, 0.25) is 5.91 Å². The van der Waals surface area contributed by atoms with Gasteiger partial charge in [-0.05, 0) is 49.1 Å². The summed E-state index contributed by atoms with van der Waals surface area (Å²) in [5, 5.41) is 10.9. The van der Waals surface area contributed by atoms with Crippen molar-refractivity contribution in [1.82, 2.24) is 9.80 Å². The van der Waals surface area contributed by atoms with Crippen LogP contribution < -0.4 is 5.73 Å². The molecular weight excluding hydrogens is 366 g/mol. The summed E-state index contributed by atoms with van der Waals surface area (Å²) in [4.78, 5) is 28.4. The van der Waals surface area contributed by atoms with E-state index in [1.165, 1.54) is 0 Å². The number of nitrogens with two attached hydrogens (primary N) is 1. The molecule has 6 heteroatoms. The Hall–Kier alpha value is -2.86. The zero-order valence-corrected chi connectivity index (χ0v) is 16.9. The fourth-order valence-electron chi connectivity index (χ4n) is 3.74. The molecule has 1 saturated heterocycles. The first kappa shape index (κ1) is 20.9. The molecule has 1 fully saturated rings. The van der Waals surface area contributed by atoms with E-state index in [-0.39, 0.29) is 18.4 Å². The van der Waals surface area contributed by atoms with Gasteiger partial charge in [0.25, 0.3) is 5.91 Å². The van der Waals surface area contributed by atoms with Gasteiger partial charge in [0.15, 0.2) is 0 Å². The van der Waals surface area contributed by atoms with Gasteiger partial charge >= 0.3 is 0 Å². The lowest BCUT2D eigenvalue weighted by atomic mass is 9.90. The van der Waals surface area contributed by atoms with E-state index in [1.54, 1.807) is 36.2 Å². The average Bonchev–Trinajstić information content (AvgIpc) is 2.73. The van der Waals surface area contributed by atoms with Crippen LogP contribution in [0.3, 0.4) is 0 Å². The third-order valence-electron chi connectivity index (χ3n) is 5.55. The molecule has 0 radical (unpaired) electrons. The molecule has 1 heterocycles. The molecule has 3 N–H and O–H groups in total. The van der Waals surface area contributed by atoms with Crippen molar-refractivity contribution in [2.75, 3.05) is 32.4 Å². The van der Waals surface area contributed by atoms with Gasteiger partial charge < -0.3 is 20.6 Å². The molecule has 29 heavy (non-hydrogen) atoms. The molecule has 0 aromatic heterocycles. The number of anilines is 1. The number of benzene rings is 2. The largest absolute Gasteiger partial charge is 0.399 e. The lowest BCUT2D eigenvalue weighted by Gasteiger charge is -2.40. The lowest BCUT2D eigenvalue weighted by Crippen LogP contribution is -2.52. The van der Waals surface area contributed by atoms with E-state index >= 15 is 0 Å². The summed E-state index contributed by atoms with van der Waals surface area (Å²) in [6.45, 7) is 1.25. The molecule has 2 amide bonds. The zero-order chi connectivity index (χ0) is 20.9. The Morgan fingerprint density at radius 1 is 1.07 bits per heavy atom. The number of amides is 2. The van der Waals surface area contributed by atoms with E-state index in [4.69, 9.17) is 5.73 Å². The normalized spacial score (nSPS) is 15.7. The topological polar surface area (TPSA) is 86.9 Å². The predicted molar refractivity (Wildman–Crippen MR) is 113 cm³/mol. The molecule has 3 rings (SSSR count). The van der Waals surface area contributed by atoms with Gasteiger partial charge in [-0.2, -0.15) is 0 Å². The molecule has 0 saturated carbocycles. The van der Waals surface area contributed by atoms with E-state index in [1.807, 2.05) is 35.2 Å². The first-order valence-corrected chi connectivity index (χ1v) is 10.0. The number of piperidine rings is 1. The maximum Gasteiger partial charge on any atom is 0.253 e. The number of nitrogens with zero attached hydrogens (tertiary/aromatic N) is 2. The molecule has 2 aromatic carbocycles. The molecule has 0 bridgehead atoms. The molecule has 0 aliphatic carbocycles. The summed E-state index contributed by atoms with van der Waals surface area (Å²) in [6.07, 6.45) is 2.12. The minimum absolute atomic E-state index is 0.113. The molecule has 2 aromatic rings. The SMILES string of the molecule is CN(CC1(O)CCN(C(=O)CCc2ccccc2)CC1)C(=O)c1ccc(N)cc1. The molecular formula is C23H29N3O3. The quantitative estimate of drug-likeness (QED) is 0.735. The van der Waals surface area contributed by atoms with Crippen LogP contribution in [0, 0.1) is 0 Å². The number of aliphatic hydroxyl groups is 1. The van der Waals surface area contributed by atoms with E-state index < -0.39 is 5.60 Å². The van der Waals surface area contributed by atoms with E-state index in [0.717, 1.165) is 12.0 Å². The van der Waals surface area contributed by atoms with Gasteiger partial charge in [0, 0.05) is 44.4 Å². The highest BCUT2D eigenvalue weighted by Gasteiger charge is 2.35. The van der Waals surface area contributed by atoms with Crippen molar-refractivity contribution >= 4 is 17.5 Å². The Kier molecular flexibility index (Phi) is 6.54. The molecule has 1 aliphatic heterocycles. The number of hydrogen-bond donors (Lipinski definition) is 2. The summed E-state index contributed by atoms with van der Waals surface area (Å²) in [5.74, 6) is -0.0398. The number of carbonyl (C=O) groups excluding carboxylic acids is 2. The van der Waals surface area contributed by atoms with Crippen LogP contribution in [0.25, 0.3) is 0 Å². The van der Waals surface area contributed by atoms with Crippen LogP contribution in [0.4, 0.5) is 5.69 Å². The summed E-state index contributed by atoms with van der Waals surface area (Å²) in [6, 6.07) is 16.7. The van der Waals surface area contributed by atoms with Crippen LogP contribution in [0.2, 0.25) is 0 Å². The second kappa shape index (κ2) is 9.09. The molecule has 154 valence electrons. The summed E-state index contributed by atoms with van der Waals surface area (Å²) < 4.78 is 0. The van der Waals surface area contributed by atoms with Crippen molar-refractivity contribution in [3.05, 3.63) is 65.7 Å². The summed E-state index contributed by atoms with van der Waals surface area (Å²) >= 11 is 0. The maximum atomic E-state index is 12.6. The highest BCUT2D eigenvalue weighted by atomic mass is 16.3. The van der Waals surface area contributed by atoms with Crippen molar-refractivity contribution < 1.29 is 14.7 Å². The Balaban J connectivity index is 1.48. The Morgan fingerprint density at radius 3 is 2.31 bits per heavy atom. The van der Waals surface area contributed by atoms with Crippen LogP contribution in [0.1, 0.15) is 35.2 Å². The third kappa shape index (κ3) is 5.57. The fraction of sp³-hybridized carbons (Fsp3) is 0.391. The monoisotopic (exact) mass is 395 g/mol. The van der Waals surface area contributed by atoms with Gasteiger partial charge in [0.1, 0.15) is 0 Å². The maximum absolute atomic E-state index is 12.6. The molecule has 0 atom stereocenters. The van der Waals surface area contributed by atoms with Gasteiger partial charge in [-0.15, -0.1) is 0 Å². The van der Waals surface area contributed by atoms with E-state index in [0.29, 0.717) is 43.6 Å². The minimum atomic E-state index is -0.978. The molecule has 0 spiro atoms. The third-order valence-corrected chi connectivity index (χ3v) is 5.55.